The van der Waals surface area contributed by atoms with E-state index in [0.29, 0.717) is 19.3 Å². The van der Waals surface area contributed by atoms with Crippen molar-refractivity contribution in [2.24, 2.45) is 11.3 Å². The first kappa shape index (κ1) is 9.43. The molecule has 1 aliphatic carbocycles. The first-order chi connectivity index (χ1) is 5.41. The van der Waals surface area contributed by atoms with Gasteiger partial charge in [0.05, 0.1) is 0 Å². The second kappa shape index (κ2) is 3.00. The number of carbonyl (C=O) groups excluding carboxylic acids is 2. The van der Waals surface area contributed by atoms with Crippen LogP contribution in [-0.2, 0) is 9.59 Å². The van der Waals surface area contributed by atoms with E-state index >= 15 is 0 Å². The zero-order valence-electron chi connectivity index (χ0n) is 8.02. The highest BCUT2D eigenvalue weighted by Crippen LogP contribution is 2.32. The molecule has 0 aliphatic heterocycles. The van der Waals surface area contributed by atoms with Crippen LogP contribution in [0.15, 0.2) is 0 Å². The molecular weight excluding hydrogens is 152 g/mol. The summed E-state index contributed by atoms with van der Waals surface area (Å²) < 4.78 is 0. The van der Waals surface area contributed by atoms with Crippen LogP contribution in [-0.4, -0.2) is 11.6 Å². The number of Topliss-reactive ketones (excluding diaryl/α,β-unsaturated/α-hetero) is 2. The molecule has 1 rings (SSSR count). The Balaban J connectivity index is 2.80. The monoisotopic (exact) mass is 168 g/mol. The van der Waals surface area contributed by atoms with Crippen LogP contribution in [0.25, 0.3) is 0 Å². The van der Waals surface area contributed by atoms with Crippen molar-refractivity contribution in [3.63, 3.8) is 0 Å². The minimum absolute atomic E-state index is 0.0562. The molecule has 68 valence electrons. The highest BCUT2D eigenvalue weighted by atomic mass is 16.1. The van der Waals surface area contributed by atoms with Crippen molar-refractivity contribution in [2.45, 2.75) is 40.0 Å². The van der Waals surface area contributed by atoms with Gasteiger partial charge in [-0.15, -0.1) is 0 Å². The van der Waals surface area contributed by atoms with Crippen LogP contribution in [0.1, 0.15) is 40.0 Å². The van der Waals surface area contributed by atoms with E-state index in [0.717, 1.165) is 0 Å². The van der Waals surface area contributed by atoms with Gasteiger partial charge >= 0.3 is 0 Å². The number of hydrogen-bond acceptors (Lipinski definition) is 2. The topological polar surface area (TPSA) is 34.1 Å². The van der Waals surface area contributed by atoms with Crippen molar-refractivity contribution in [3.8, 4) is 0 Å². The zero-order valence-corrected chi connectivity index (χ0v) is 8.02. The summed E-state index contributed by atoms with van der Waals surface area (Å²) in [6.07, 6.45) is 1.56. The Labute approximate surface area is 73.3 Å². The van der Waals surface area contributed by atoms with Gasteiger partial charge in [-0.05, 0) is 5.41 Å². The minimum atomic E-state index is -0.112. The second-order valence-corrected chi connectivity index (χ2v) is 4.63. The van der Waals surface area contributed by atoms with Gasteiger partial charge in [0.1, 0.15) is 11.6 Å². The summed E-state index contributed by atoms with van der Waals surface area (Å²) in [7, 11) is 0. The molecule has 1 saturated carbocycles. The first-order valence-electron chi connectivity index (χ1n) is 4.45. The van der Waals surface area contributed by atoms with E-state index in [-0.39, 0.29) is 22.9 Å². The third kappa shape index (κ3) is 2.16. The van der Waals surface area contributed by atoms with E-state index in [1.54, 1.807) is 0 Å². The van der Waals surface area contributed by atoms with Crippen molar-refractivity contribution < 1.29 is 9.59 Å². The van der Waals surface area contributed by atoms with Crippen LogP contribution in [0.3, 0.4) is 0 Å². The fourth-order valence-corrected chi connectivity index (χ4v) is 1.77. The Morgan fingerprint density at radius 1 is 1.25 bits per heavy atom. The molecule has 0 saturated heterocycles. The third-order valence-corrected chi connectivity index (χ3v) is 2.41. The van der Waals surface area contributed by atoms with Gasteiger partial charge in [0.25, 0.3) is 0 Å². The van der Waals surface area contributed by atoms with Crippen LogP contribution in [0.4, 0.5) is 0 Å². The number of rotatable bonds is 0. The average Bonchev–Trinajstić information content (AvgIpc) is 1.89. The van der Waals surface area contributed by atoms with Crippen LogP contribution in [0, 0.1) is 11.3 Å². The molecule has 0 aromatic rings. The number of carbonyl (C=O) groups is 2. The van der Waals surface area contributed by atoms with Gasteiger partial charge in [-0.2, -0.15) is 0 Å². The van der Waals surface area contributed by atoms with Crippen LogP contribution >= 0.6 is 0 Å². The highest BCUT2D eigenvalue weighted by molar-refractivity contribution is 5.90. The smallest absolute Gasteiger partial charge is 0.136 e. The molecule has 1 fully saturated rings. The summed E-state index contributed by atoms with van der Waals surface area (Å²) in [5.74, 6) is 0.420. The normalized spacial score (nSPS) is 30.1. The van der Waals surface area contributed by atoms with Gasteiger partial charge in [0, 0.05) is 25.2 Å². The lowest BCUT2D eigenvalue weighted by molar-refractivity contribution is -0.125. The predicted octanol–water partition coefficient (Wildman–Crippen LogP) is 1.97. The zero-order chi connectivity index (χ0) is 9.35. The molecule has 0 amide bonds. The molecule has 1 atom stereocenters. The maximum absolute atomic E-state index is 11.4. The molecule has 1 unspecified atom stereocenters. The number of ketones is 2. The fourth-order valence-electron chi connectivity index (χ4n) is 1.77. The lowest BCUT2D eigenvalue weighted by Gasteiger charge is -2.19. The van der Waals surface area contributed by atoms with Gasteiger partial charge in [-0.1, -0.05) is 20.8 Å². The van der Waals surface area contributed by atoms with E-state index < -0.39 is 0 Å². The Kier molecular flexibility index (Phi) is 2.36. The predicted molar refractivity (Wildman–Crippen MR) is 46.8 cm³/mol. The summed E-state index contributed by atoms with van der Waals surface area (Å²) in [6.45, 7) is 5.82. The molecular formula is C10H16O2. The van der Waals surface area contributed by atoms with Crippen LogP contribution < -0.4 is 0 Å². The molecule has 0 aromatic carbocycles. The molecule has 2 nitrogen and oxygen atoms in total. The summed E-state index contributed by atoms with van der Waals surface area (Å²) in [6, 6.07) is 0. The summed E-state index contributed by atoms with van der Waals surface area (Å²) >= 11 is 0. The van der Waals surface area contributed by atoms with E-state index in [1.165, 1.54) is 0 Å². The SMILES string of the molecule is CC1CC(=O)CC(C)(C)CC1=O. The Bertz CT molecular complexity index is 216. The molecule has 2 heteroatoms. The summed E-state index contributed by atoms with van der Waals surface area (Å²) in [4.78, 5) is 22.7. The molecule has 0 spiro atoms. The first-order valence-corrected chi connectivity index (χ1v) is 4.45. The molecule has 0 heterocycles. The fraction of sp³-hybridized carbons (Fsp3) is 0.800. The van der Waals surface area contributed by atoms with Crippen LogP contribution in [0.2, 0.25) is 0 Å². The Hall–Kier alpha value is -0.660. The van der Waals surface area contributed by atoms with Crippen molar-refractivity contribution >= 4 is 11.6 Å². The molecule has 0 aromatic heterocycles. The average molecular weight is 168 g/mol. The van der Waals surface area contributed by atoms with Gasteiger partial charge < -0.3 is 0 Å². The summed E-state index contributed by atoms with van der Waals surface area (Å²) in [5.41, 5.74) is -0.112. The van der Waals surface area contributed by atoms with Gasteiger partial charge in [0.15, 0.2) is 0 Å². The van der Waals surface area contributed by atoms with Crippen molar-refractivity contribution in [1.29, 1.82) is 0 Å². The van der Waals surface area contributed by atoms with E-state index in [2.05, 4.69) is 0 Å². The molecule has 0 bridgehead atoms. The largest absolute Gasteiger partial charge is 0.300 e. The molecule has 0 radical (unpaired) electrons. The quantitative estimate of drug-likeness (QED) is 0.518. The van der Waals surface area contributed by atoms with E-state index in [4.69, 9.17) is 0 Å². The van der Waals surface area contributed by atoms with Crippen molar-refractivity contribution in [3.05, 3.63) is 0 Å². The van der Waals surface area contributed by atoms with E-state index in [1.807, 2.05) is 20.8 Å². The lowest BCUT2D eigenvalue weighted by atomic mass is 9.84. The molecule has 0 N–H and O–H groups in total. The van der Waals surface area contributed by atoms with Crippen LogP contribution in [0.5, 0.6) is 0 Å². The van der Waals surface area contributed by atoms with Gasteiger partial charge in [-0.3, -0.25) is 9.59 Å². The third-order valence-electron chi connectivity index (χ3n) is 2.41. The van der Waals surface area contributed by atoms with Crippen molar-refractivity contribution in [1.82, 2.24) is 0 Å². The second-order valence-electron chi connectivity index (χ2n) is 4.63. The molecule has 1 aliphatic rings. The Morgan fingerprint density at radius 3 is 2.42 bits per heavy atom. The standard InChI is InChI=1S/C10H16O2/c1-7-4-8(11)5-10(2,3)6-9(7)12/h7H,4-6H2,1-3H3. The number of hydrogen-bond donors (Lipinski definition) is 0. The molecule has 12 heavy (non-hydrogen) atoms. The lowest BCUT2D eigenvalue weighted by Crippen LogP contribution is -2.17. The van der Waals surface area contributed by atoms with Gasteiger partial charge in [0.2, 0.25) is 0 Å². The Morgan fingerprint density at radius 2 is 1.83 bits per heavy atom. The minimum Gasteiger partial charge on any atom is -0.300 e. The van der Waals surface area contributed by atoms with Crippen molar-refractivity contribution in [2.75, 3.05) is 0 Å². The van der Waals surface area contributed by atoms with E-state index in [9.17, 15) is 9.59 Å². The highest BCUT2D eigenvalue weighted by Gasteiger charge is 2.32. The van der Waals surface area contributed by atoms with Gasteiger partial charge in [-0.25, -0.2) is 0 Å². The summed E-state index contributed by atoms with van der Waals surface area (Å²) in [5, 5.41) is 0. The maximum Gasteiger partial charge on any atom is 0.136 e. The maximum atomic E-state index is 11.4.